The molecule has 0 bridgehead atoms. The molecule has 1 saturated heterocycles. The summed E-state index contributed by atoms with van der Waals surface area (Å²) < 4.78 is 0. The zero-order valence-corrected chi connectivity index (χ0v) is 9.40. The van der Waals surface area contributed by atoms with Gasteiger partial charge in [-0.25, -0.2) is 4.98 Å². The van der Waals surface area contributed by atoms with E-state index in [9.17, 15) is 20.2 Å². The molecule has 0 radical (unpaired) electrons. The van der Waals surface area contributed by atoms with Crippen LogP contribution in [0.4, 0.5) is 17.2 Å². The highest BCUT2D eigenvalue weighted by molar-refractivity contribution is 5.68. The number of pyridine rings is 1. The van der Waals surface area contributed by atoms with Gasteiger partial charge in [0.15, 0.2) is 0 Å². The van der Waals surface area contributed by atoms with Crippen molar-refractivity contribution < 1.29 is 9.85 Å². The molecule has 1 fully saturated rings. The van der Waals surface area contributed by atoms with Crippen LogP contribution >= 0.6 is 0 Å². The third-order valence-electron chi connectivity index (χ3n) is 2.68. The average Bonchev–Trinajstić information content (AvgIpc) is 2.38. The largest absolute Gasteiger partial charge is 0.388 e. The number of aromatic nitrogens is 1. The fourth-order valence-corrected chi connectivity index (χ4v) is 1.86. The molecule has 2 rings (SSSR count). The number of nitrogens with one attached hydrogen (secondary N) is 1. The standard InChI is InChI=1S/C9H11N5O4/c15-13(16)7-1-2-11-9(8(7)14(17)18)12-5-3-10-4-6-12/h1-2,10H,3-6H2. The van der Waals surface area contributed by atoms with Gasteiger partial charge in [0.25, 0.3) is 0 Å². The maximum absolute atomic E-state index is 11.0. The van der Waals surface area contributed by atoms with Crippen molar-refractivity contribution in [2.45, 2.75) is 0 Å². The second-order valence-corrected chi connectivity index (χ2v) is 3.75. The van der Waals surface area contributed by atoms with Crippen molar-refractivity contribution in [2.75, 3.05) is 31.1 Å². The van der Waals surface area contributed by atoms with E-state index in [4.69, 9.17) is 0 Å². The summed E-state index contributed by atoms with van der Waals surface area (Å²) in [4.78, 5) is 25.9. The highest BCUT2D eigenvalue weighted by Gasteiger charge is 2.32. The van der Waals surface area contributed by atoms with Gasteiger partial charge in [0.05, 0.1) is 9.85 Å². The number of rotatable bonds is 3. The predicted octanol–water partition coefficient (Wildman–Crippen LogP) is 0.308. The third kappa shape index (κ3) is 2.20. The molecule has 96 valence electrons. The van der Waals surface area contributed by atoms with Gasteiger partial charge in [-0.3, -0.25) is 20.2 Å². The van der Waals surface area contributed by atoms with Crippen LogP contribution in [0.3, 0.4) is 0 Å². The van der Waals surface area contributed by atoms with Crippen molar-refractivity contribution in [3.05, 3.63) is 32.5 Å². The number of hydrogen-bond acceptors (Lipinski definition) is 7. The summed E-state index contributed by atoms with van der Waals surface area (Å²) in [7, 11) is 0. The monoisotopic (exact) mass is 253 g/mol. The lowest BCUT2D eigenvalue weighted by atomic mass is 10.3. The Bertz CT molecular complexity index is 486. The van der Waals surface area contributed by atoms with E-state index in [1.807, 2.05) is 0 Å². The predicted molar refractivity (Wildman–Crippen MR) is 62.6 cm³/mol. The van der Waals surface area contributed by atoms with Gasteiger partial charge in [-0.15, -0.1) is 0 Å². The highest BCUT2D eigenvalue weighted by Crippen LogP contribution is 2.34. The molecule has 2 heterocycles. The van der Waals surface area contributed by atoms with Crippen LogP contribution in [0.1, 0.15) is 0 Å². The average molecular weight is 253 g/mol. The first-order valence-electron chi connectivity index (χ1n) is 5.34. The van der Waals surface area contributed by atoms with E-state index < -0.39 is 21.2 Å². The van der Waals surface area contributed by atoms with Crippen LogP contribution in [-0.4, -0.2) is 41.0 Å². The molecule has 1 aliphatic rings. The van der Waals surface area contributed by atoms with Crippen LogP contribution in [0.5, 0.6) is 0 Å². The van der Waals surface area contributed by atoms with Crippen molar-refractivity contribution in [2.24, 2.45) is 0 Å². The second kappa shape index (κ2) is 4.92. The summed E-state index contributed by atoms with van der Waals surface area (Å²) >= 11 is 0. The van der Waals surface area contributed by atoms with Crippen molar-refractivity contribution in [1.82, 2.24) is 10.3 Å². The maximum atomic E-state index is 11.0. The minimum atomic E-state index is -0.758. The Morgan fingerprint density at radius 3 is 2.44 bits per heavy atom. The Morgan fingerprint density at radius 1 is 1.22 bits per heavy atom. The Kier molecular flexibility index (Phi) is 3.33. The van der Waals surface area contributed by atoms with E-state index in [-0.39, 0.29) is 5.82 Å². The van der Waals surface area contributed by atoms with E-state index >= 15 is 0 Å². The van der Waals surface area contributed by atoms with Crippen LogP contribution in [0, 0.1) is 20.2 Å². The van der Waals surface area contributed by atoms with Gasteiger partial charge in [-0.05, 0) is 0 Å². The van der Waals surface area contributed by atoms with E-state index in [1.54, 1.807) is 4.90 Å². The summed E-state index contributed by atoms with van der Waals surface area (Å²) in [6, 6.07) is 1.05. The Balaban J connectivity index is 2.48. The molecule has 1 aromatic heterocycles. The minimum Gasteiger partial charge on any atom is -0.348 e. The van der Waals surface area contributed by atoms with E-state index in [0.717, 1.165) is 6.07 Å². The first-order chi connectivity index (χ1) is 8.61. The topological polar surface area (TPSA) is 114 Å². The lowest BCUT2D eigenvalue weighted by molar-refractivity contribution is -0.422. The molecular weight excluding hydrogens is 242 g/mol. The van der Waals surface area contributed by atoms with Crippen LogP contribution in [0.25, 0.3) is 0 Å². The van der Waals surface area contributed by atoms with Gasteiger partial charge in [-0.1, -0.05) is 0 Å². The lowest BCUT2D eigenvalue weighted by Crippen LogP contribution is -2.44. The number of anilines is 1. The zero-order chi connectivity index (χ0) is 13.1. The zero-order valence-electron chi connectivity index (χ0n) is 9.40. The third-order valence-corrected chi connectivity index (χ3v) is 2.68. The second-order valence-electron chi connectivity index (χ2n) is 3.75. The molecular formula is C9H11N5O4. The highest BCUT2D eigenvalue weighted by atomic mass is 16.6. The summed E-state index contributed by atoms with van der Waals surface area (Å²) in [5.74, 6) is 0.0655. The summed E-state index contributed by atoms with van der Waals surface area (Å²) in [5.41, 5.74) is -1.06. The van der Waals surface area contributed by atoms with E-state index in [1.165, 1.54) is 6.20 Å². The van der Waals surface area contributed by atoms with Gasteiger partial charge >= 0.3 is 11.4 Å². The Labute approximate surface area is 102 Å². The molecule has 0 aromatic carbocycles. The van der Waals surface area contributed by atoms with Gasteiger partial charge in [0.1, 0.15) is 0 Å². The van der Waals surface area contributed by atoms with E-state index in [0.29, 0.717) is 26.2 Å². The van der Waals surface area contributed by atoms with Gasteiger partial charge in [0.2, 0.25) is 5.82 Å². The smallest absolute Gasteiger partial charge is 0.348 e. The van der Waals surface area contributed by atoms with Crippen LogP contribution in [-0.2, 0) is 0 Å². The van der Waals surface area contributed by atoms with Crippen LogP contribution in [0.2, 0.25) is 0 Å². The quantitative estimate of drug-likeness (QED) is 0.608. The molecule has 0 unspecified atom stereocenters. The molecule has 18 heavy (non-hydrogen) atoms. The first kappa shape index (κ1) is 12.2. The minimum absolute atomic E-state index is 0.0655. The molecule has 0 aliphatic carbocycles. The Morgan fingerprint density at radius 2 is 1.89 bits per heavy atom. The molecule has 0 saturated carbocycles. The fraction of sp³-hybridized carbons (Fsp3) is 0.444. The van der Waals surface area contributed by atoms with Crippen LogP contribution in [0.15, 0.2) is 12.3 Å². The molecule has 1 aromatic rings. The number of piperazine rings is 1. The van der Waals surface area contributed by atoms with Crippen LogP contribution < -0.4 is 10.2 Å². The molecule has 1 N–H and O–H groups in total. The molecule has 9 nitrogen and oxygen atoms in total. The first-order valence-corrected chi connectivity index (χ1v) is 5.34. The summed E-state index contributed by atoms with van der Waals surface area (Å²) in [6.45, 7) is 2.41. The van der Waals surface area contributed by atoms with Gasteiger partial charge in [0, 0.05) is 38.4 Å². The molecule has 1 aliphatic heterocycles. The summed E-state index contributed by atoms with van der Waals surface area (Å²) in [5, 5.41) is 24.9. The maximum Gasteiger partial charge on any atom is 0.388 e. The SMILES string of the molecule is O=[N+]([O-])c1ccnc(N2CCNCC2)c1[N+](=O)[O-]. The normalized spacial score (nSPS) is 15.4. The molecule has 0 spiro atoms. The lowest BCUT2D eigenvalue weighted by Gasteiger charge is -2.27. The molecule has 9 heteroatoms. The number of hydrogen-bond donors (Lipinski definition) is 1. The van der Waals surface area contributed by atoms with Crippen molar-refractivity contribution >= 4 is 17.2 Å². The summed E-state index contributed by atoms with van der Waals surface area (Å²) in [6.07, 6.45) is 1.22. The van der Waals surface area contributed by atoms with Gasteiger partial charge < -0.3 is 10.2 Å². The Hall–Kier alpha value is -2.29. The van der Waals surface area contributed by atoms with E-state index in [2.05, 4.69) is 10.3 Å². The number of nitro groups is 2. The molecule has 0 amide bonds. The van der Waals surface area contributed by atoms with Crippen molar-refractivity contribution in [3.63, 3.8) is 0 Å². The van der Waals surface area contributed by atoms with Crippen molar-refractivity contribution in [3.8, 4) is 0 Å². The van der Waals surface area contributed by atoms with Gasteiger partial charge in [-0.2, -0.15) is 0 Å². The molecule has 0 atom stereocenters. The van der Waals surface area contributed by atoms with Crippen molar-refractivity contribution in [1.29, 1.82) is 0 Å². The number of nitrogens with zero attached hydrogens (tertiary/aromatic N) is 4. The fourth-order valence-electron chi connectivity index (χ4n) is 1.86.